The van der Waals surface area contributed by atoms with Gasteiger partial charge in [-0.1, -0.05) is 52.3 Å². The summed E-state index contributed by atoms with van der Waals surface area (Å²) in [6, 6.07) is 20.1. The lowest BCUT2D eigenvalue weighted by atomic mass is 10.1. The van der Waals surface area contributed by atoms with E-state index in [0.717, 1.165) is 53.1 Å². The monoisotopic (exact) mass is 553 g/mol. The molecule has 7 heteroatoms. The zero-order chi connectivity index (χ0) is 26.1. The Bertz CT molecular complexity index is 1160. The summed E-state index contributed by atoms with van der Waals surface area (Å²) in [6.07, 6.45) is 2.72. The molecule has 0 aliphatic carbocycles. The molecule has 0 saturated heterocycles. The maximum absolute atomic E-state index is 12.5. The standard InChI is InChI=1S/C29H36BrN3O3/c1-29(2,3)36-33(21-34)20-23-9-7-22(8-10-23)6-5-16-32(4)17-15-31-28(35)26-12-11-25-19-27(30)14-13-24(25)18-26/h7-14,18-19,21H,5-6,15-17,20H2,1-4H3,(H,31,35). The predicted molar refractivity (Wildman–Crippen MR) is 149 cm³/mol. The second kappa shape index (κ2) is 13.0. The number of nitrogens with one attached hydrogen (secondary N) is 1. The smallest absolute Gasteiger partial charge is 0.251 e. The van der Waals surface area contributed by atoms with Crippen molar-refractivity contribution in [3.8, 4) is 0 Å². The molecule has 0 aromatic heterocycles. The van der Waals surface area contributed by atoms with Gasteiger partial charge < -0.3 is 10.2 Å². The van der Waals surface area contributed by atoms with Crippen molar-refractivity contribution in [3.05, 3.63) is 81.8 Å². The fourth-order valence-corrected chi connectivity index (χ4v) is 4.30. The topological polar surface area (TPSA) is 61.9 Å². The average molecular weight is 555 g/mol. The molecule has 0 saturated carbocycles. The van der Waals surface area contributed by atoms with Crippen molar-refractivity contribution in [2.24, 2.45) is 0 Å². The highest BCUT2D eigenvalue weighted by Crippen LogP contribution is 2.21. The van der Waals surface area contributed by atoms with Crippen LogP contribution in [-0.4, -0.2) is 54.6 Å². The molecule has 0 spiro atoms. The van der Waals surface area contributed by atoms with Crippen LogP contribution in [-0.2, 0) is 22.6 Å². The number of amides is 2. The molecular weight excluding hydrogens is 518 g/mol. The van der Waals surface area contributed by atoms with E-state index >= 15 is 0 Å². The molecule has 3 rings (SSSR count). The second-order valence-electron chi connectivity index (χ2n) is 10.1. The summed E-state index contributed by atoms with van der Waals surface area (Å²) in [4.78, 5) is 31.7. The number of fused-ring (bicyclic) bond motifs is 1. The third kappa shape index (κ3) is 9.04. The Morgan fingerprint density at radius 2 is 1.64 bits per heavy atom. The third-order valence-electron chi connectivity index (χ3n) is 5.72. The number of carbonyl (C=O) groups excluding carboxylic acids is 2. The van der Waals surface area contributed by atoms with Gasteiger partial charge >= 0.3 is 0 Å². The van der Waals surface area contributed by atoms with E-state index in [-0.39, 0.29) is 5.91 Å². The molecule has 3 aromatic rings. The lowest BCUT2D eigenvalue weighted by Gasteiger charge is -2.26. The molecule has 0 bridgehead atoms. The molecule has 0 radical (unpaired) electrons. The minimum absolute atomic E-state index is 0.0469. The molecule has 0 aliphatic rings. The van der Waals surface area contributed by atoms with Crippen LogP contribution in [0.1, 0.15) is 48.7 Å². The molecule has 0 atom stereocenters. The van der Waals surface area contributed by atoms with Gasteiger partial charge in [-0.25, -0.2) is 5.06 Å². The second-order valence-corrected chi connectivity index (χ2v) is 11.0. The molecule has 0 heterocycles. The molecule has 6 nitrogen and oxygen atoms in total. The number of hydrogen-bond donors (Lipinski definition) is 1. The number of likely N-dealkylation sites (N-methyl/N-ethyl adjacent to an activating group) is 1. The van der Waals surface area contributed by atoms with Gasteiger partial charge in [0.05, 0.1) is 12.1 Å². The maximum Gasteiger partial charge on any atom is 0.251 e. The van der Waals surface area contributed by atoms with Crippen LogP contribution >= 0.6 is 15.9 Å². The van der Waals surface area contributed by atoms with Crippen molar-refractivity contribution in [2.75, 3.05) is 26.7 Å². The Morgan fingerprint density at radius 1 is 0.972 bits per heavy atom. The fraction of sp³-hybridized carbons (Fsp3) is 0.379. The lowest BCUT2D eigenvalue weighted by Crippen LogP contribution is -2.33. The van der Waals surface area contributed by atoms with Gasteiger partial charge in [-0.2, -0.15) is 0 Å². The van der Waals surface area contributed by atoms with Crippen LogP contribution in [0, 0.1) is 0 Å². The number of aryl methyl sites for hydroxylation is 1. The Labute approximate surface area is 222 Å². The Balaban J connectivity index is 1.36. The summed E-state index contributed by atoms with van der Waals surface area (Å²) in [5, 5.41) is 6.52. The number of hydrogen-bond acceptors (Lipinski definition) is 4. The molecule has 2 amide bonds. The third-order valence-corrected chi connectivity index (χ3v) is 6.21. The number of rotatable bonds is 12. The van der Waals surface area contributed by atoms with Crippen LogP contribution in [0.25, 0.3) is 10.8 Å². The van der Waals surface area contributed by atoms with Crippen molar-refractivity contribution in [3.63, 3.8) is 0 Å². The number of nitrogens with zero attached hydrogens (tertiary/aromatic N) is 2. The number of halogens is 1. The van der Waals surface area contributed by atoms with Crippen molar-refractivity contribution >= 4 is 39.0 Å². The quantitative estimate of drug-likeness (QED) is 0.235. The lowest BCUT2D eigenvalue weighted by molar-refractivity contribution is -0.220. The summed E-state index contributed by atoms with van der Waals surface area (Å²) in [5.74, 6) is -0.0469. The minimum atomic E-state index is -0.413. The van der Waals surface area contributed by atoms with E-state index < -0.39 is 5.60 Å². The molecule has 3 aromatic carbocycles. The largest absolute Gasteiger partial charge is 0.351 e. The van der Waals surface area contributed by atoms with E-state index in [9.17, 15) is 9.59 Å². The Morgan fingerprint density at radius 3 is 2.33 bits per heavy atom. The Hall–Kier alpha value is -2.74. The van der Waals surface area contributed by atoms with Crippen LogP contribution < -0.4 is 5.32 Å². The zero-order valence-electron chi connectivity index (χ0n) is 21.6. The van der Waals surface area contributed by atoms with Gasteiger partial charge in [0.15, 0.2) is 0 Å². The van der Waals surface area contributed by atoms with Crippen LogP contribution in [0.3, 0.4) is 0 Å². The molecule has 0 aliphatic heterocycles. The minimum Gasteiger partial charge on any atom is -0.351 e. The van der Waals surface area contributed by atoms with E-state index in [1.54, 1.807) is 0 Å². The number of benzene rings is 3. The van der Waals surface area contributed by atoms with E-state index in [0.29, 0.717) is 18.7 Å². The van der Waals surface area contributed by atoms with E-state index in [1.165, 1.54) is 10.6 Å². The van der Waals surface area contributed by atoms with Gasteiger partial charge in [-0.05, 0) is 93.4 Å². The van der Waals surface area contributed by atoms with Gasteiger partial charge in [0.2, 0.25) is 6.41 Å². The first-order chi connectivity index (χ1) is 17.1. The van der Waals surface area contributed by atoms with Crippen LogP contribution in [0.15, 0.2) is 65.1 Å². The summed E-state index contributed by atoms with van der Waals surface area (Å²) in [5.41, 5.74) is 2.56. The predicted octanol–water partition coefficient (Wildman–Crippen LogP) is 5.59. The summed E-state index contributed by atoms with van der Waals surface area (Å²) < 4.78 is 1.03. The van der Waals surface area contributed by atoms with Gasteiger partial charge in [-0.15, -0.1) is 0 Å². The normalized spacial score (nSPS) is 11.6. The van der Waals surface area contributed by atoms with Crippen LogP contribution in [0.4, 0.5) is 0 Å². The van der Waals surface area contributed by atoms with Crippen molar-refractivity contribution < 1.29 is 14.4 Å². The van der Waals surface area contributed by atoms with E-state index in [4.69, 9.17) is 4.84 Å². The van der Waals surface area contributed by atoms with Gasteiger partial charge in [0.25, 0.3) is 5.91 Å². The van der Waals surface area contributed by atoms with Crippen molar-refractivity contribution in [1.29, 1.82) is 0 Å². The van der Waals surface area contributed by atoms with E-state index in [1.807, 2.05) is 69.3 Å². The first-order valence-corrected chi connectivity index (χ1v) is 13.1. The van der Waals surface area contributed by atoms with Gasteiger partial charge in [-0.3, -0.25) is 14.4 Å². The molecular formula is C29H36BrN3O3. The number of hydroxylamine groups is 2. The van der Waals surface area contributed by atoms with Gasteiger partial charge in [0.1, 0.15) is 0 Å². The first-order valence-electron chi connectivity index (χ1n) is 12.3. The fourth-order valence-electron chi connectivity index (χ4n) is 3.92. The van der Waals surface area contributed by atoms with Gasteiger partial charge in [0, 0.05) is 23.1 Å². The molecule has 1 N–H and O–H groups in total. The molecule has 0 unspecified atom stereocenters. The van der Waals surface area contributed by atoms with Crippen molar-refractivity contribution in [1.82, 2.24) is 15.3 Å². The first kappa shape index (κ1) is 27.8. The molecule has 0 fully saturated rings. The average Bonchev–Trinajstić information content (AvgIpc) is 2.83. The summed E-state index contributed by atoms with van der Waals surface area (Å²) >= 11 is 3.48. The highest BCUT2D eigenvalue weighted by atomic mass is 79.9. The zero-order valence-corrected chi connectivity index (χ0v) is 23.2. The Kier molecular flexibility index (Phi) is 10.0. The van der Waals surface area contributed by atoms with Crippen LogP contribution in [0.2, 0.25) is 0 Å². The van der Waals surface area contributed by atoms with E-state index in [2.05, 4.69) is 45.3 Å². The summed E-state index contributed by atoms with van der Waals surface area (Å²) in [7, 11) is 2.08. The maximum atomic E-state index is 12.5. The SMILES string of the molecule is CN(CCCc1ccc(CN(C=O)OC(C)(C)C)cc1)CCNC(=O)c1ccc2cc(Br)ccc2c1. The molecule has 36 heavy (non-hydrogen) atoms. The highest BCUT2D eigenvalue weighted by Gasteiger charge is 2.16. The molecule has 192 valence electrons. The summed E-state index contributed by atoms with van der Waals surface area (Å²) in [6.45, 7) is 8.52. The highest BCUT2D eigenvalue weighted by molar-refractivity contribution is 9.10. The van der Waals surface area contributed by atoms with Crippen LogP contribution in [0.5, 0.6) is 0 Å². The van der Waals surface area contributed by atoms with Crippen molar-refractivity contribution in [2.45, 2.75) is 45.8 Å². The number of carbonyl (C=O) groups is 2.